The number of rotatable bonds is 11. The number of carbonyl (C=O) groups excluding carboxylic acids is 1. The van der Waals surface area contributed by atoms with Crippen molar-refractivity contribution in [3.8, 4) is 34.4 Å². The average Bonchev–Trinajstić information content (AvgIpc) is 3.37. The predicted octanol–water partition coefficient (Wildman–Crippen LogP) is 5.95. The largest absolute Gasteiger partial charge is 0.504 e. The second-order valence-electron chi connectivity index (χ2n) is 10.4. The number of fused-ring (bicyclic) bond motifs is 3. The van der Waals surface area contributed by atoms with Crippen molar-refractivity contribution in [1.82, 2.24) is 14.7 Å². The van der Waals surface area contributed by atoms with Crippen molar-refractivity contribution in [2.24, 2.45) is 0 Å². The Morgan fingerprint density at radius 3 is 2.50 bits per heavy atom. The molecule has 5 rings (SSSR count). The van der Waals surface area contributed by atoms with Gasteiger partial charge in [0.15, 0.2) is 11.5 Å². The van der Waals surface area contributed by atoms with E-state index < -0.39 is 27.6 Å². The zero-order valence-electron chi connectivity index (χ0n) is 25.2. The minimum absolute atomic E-state index is 0.0440. The number of aromatic nitrogens is 2. The summed E-state index contributed by atoms with van der Waals surface area (Å²) in [5, 5.41) is 13.3. The highest BCUT2D eigenvalue weighted by atomic mass is 32.2. The molecule has 44 heavy (non-hydrogen) atoms. The van der Waals surface area contributed by atoms with E-state index in [0.29, 0.717) is 69.1 Å². The second kappa shape index (κ2) is 12.5. The molecule has 11 heteroatoms. The number of methoxy groups -OCH3 is 1. The van der Waals surface area contributed by atoms with Crippen molar-refractivity contribution in [1.29, 1.82) is 0 Å². The first-order valence-electron chi connectivity index (χ1n) is 14.3. The van der Waals surface area contributed by atoms with E-state index in [1.165, 1.54) is 7.11 Å². The Balaban J connectivity index is 1.49. The molecule has 0 aliphatic rings. The Bertz CT molecular complexity index is 1970. The molecule has 0 saturated heterocycles. The SMILES string of the molecule is CCOc1c(O)c2c(-c3ccc(CS(=O)(=O)NC(=O)C(C)c4ccccc4OC)cc3C)[nH]c(OCC)c2c2ncccc12. The van der Waals surface area contributed by atoms with Crippen LogP contribution in [0, 0.1) is 6.92 Å². The lowest BCUT2D eigenvalue weighted by Gasteiger charge is -2.16. The fraction of sp³-hybridized carbons (Fsp3) is 0.273. The molecule has 0 bridgehead atoms. The third-order valence-corrected chi connectivity index (χ3v) is 8.68. The molecule has 0 spiro atoms. The molecule has 0 aliphatic carbocycles. The van der Waals surface area contributed by atoms with Crippen molar-refractivity contribution in [3.63, 3.8) is 0 Å². The Morgan fingerprint density at radius 2 is 1.80 bits per heavy atom. The summed E-state index contributed by atoms with van der Waals surface area (Å²) in [5.41, 5.74) is 3.75. The molecule has 3 N–H and O–H groups in total. The highest BCUT2D eigenvalue weighted by Gasteiger charge is 2.27. The van der Waals surface area contributed by atoms with Gasteiger partial charge in [0.1, 0.15) is 5.75 Å². The highest BCUT2D eigenvalue weighted by molar-refractivity contribution is 7.89. The van der Waals surface area contributed by atoms with Gasteiger partial charge in [0.2, 0.25) is 21.8 Å². The molecule has 10 nitrogen and oxygen atoms in total. The van der Waals surface area contributed by atoms with E-state index >= 15 is 0 Å². The van der Waals surface area contributed by atoms with Crippen LogP contribution in [0.1, 0.15) is 43.4 Å². The molecule has 0 aliphatic heterocycles. The number of sulfonamides is 1. The van der Waals surface area contributed by atoms with Crippen LogP contribution in [0.4, 0.5) is 0 Å². The van der Waals surface area contributed by atoms with E-state index in [4.69, 9.17) is 14.2 Å². The summed E-state index contributed by atoms with van der Waals surface area (Å²) < 4.78 is 45.4. The lowest BCUT2D eigenvalue weighted by Crippen LogP contribution is -2.34. The van der Waals surface area contributed by atoms with Gasteiger partial charge in [-0.05, 0) is 57.0 Å². The summed E-state index contributed by atoms with van der Waals surface area (Å²) in [4.78, 5) is 20.8. The maximum atomic E-state index is 13.0. The fourth-order valence-corrected chi connectivity index (χ4v) is 6.65. The van der Waals surface area contributed by atoms with Crippen molar-refractivity contribution >= 4 is 37.6 Å². The van der Waals surface area contributed by atoms with Gasteiger partial charge in [-0.3, -0.25) is 14.5 Å². The van der Waals surface area contributed by atoms with Crippen molar-refractivity contribution in [2.75, 3.05) is 20.3 Å². The maximum absolute atomic E-state index is 13.0. The molecule has 0 radical (unpaired) electrons. The number of para-hydroxylation sites is 1. The van der Waals surface area contributed by atoms with E-state index in [1.807, 2.05) is 26.8 Å². The van der Waals surface area contributed by atoms with E-state index in [2.05, 4.69) is 14.7 Å². The Kier molecular flexibility index (Phi) is 8.68. The number of aromatic amines is 1. The Morgan fingerprint density at radius 1 is 1.05 bits per heavy atom. The number of nitrogens with zero attached hydrogens (tertiary/aromatic N) is 1. The molecule has 0 fully saturated rings. The number of aromatic hydroxyl groups is 1. The number of hydrogen-bond acceptors (Lipinski definition) is 8. The average molecular weight is 618 g/mol. The topological polar surface area (TPSA) is 140 Å². The number of pyridine rings is 1. The van der Waals surface area contributed by atoms with Gasteiger partial charge >= 0.3 is 0 Å². The summed E-state index contributed by atoms with van der Waals surface area (Å²) in [6, 6.07) is 15.8. The Hall–Kier alpha value is -4.77. The number of hydrogen-bond donors (Lipinski definition) is 3. The van der Waals surface area contributed by atoms with Crippen LogP contribution in [-0.4, -0.2) is 49.7 Å². The molecular formula is C33H35N3O7S. The van der Waals surface area contributed by atoms with Gasteiger partial charge in [-0.1, -0.05) is 36.4 Å². The Labute approximate surface area is 256 Å². The van der Waals surface area contributed by atoms with Crippen molar-refractivity contribution in [2.45, 2.75) is 39.4 Å². The van der Waals surface area contributed by atoms with Crippen LogP contribution in [-0.2, 0) is 20.6 Å². The van der Waals surface area contributed by atoms with Crippen LogP contribution < -0.4 is 18.9 Å². The number of amides is 1. The first kappa shape index (κ1) is 30.7. The summed E-state index contributed by atoms with van der Waals surface area (Å²) in [5.74, 6) is -0.551. The third kappa shape index (κ3) is 5.74. The summed E-state index contributed by atoms with van der Waals surface area (Å²) in [6.07, 6.45) is 1.67. The van der Waals surface area contributed by atoms with Crippen LogP contribution in [0.25, 0.3) is 32.9 Å². The summed E-state index contributed by atoms with van der Waals surface area (Å²) in [7, 11) is -2.52. The van der Waals surface area contributed by atoms with Gasteiger partial charge in [-0.2, -0.15) is 0 Å². The van der Waals surface area contributed by atoms with Crippen molar-refractivity contribution < 1.29 is 32.5 Å². The van der Waals surface area contributed by atoms with E-state index in [1.54, 1.807) is 61.7 Å². The molecule has 1 atom stereocenters. The zero-order valence-corrected chi connectivity index (χ0v) is 26.0. The fourth-order valence-electron chi connectivity index (χ4n) is 5.47. The van der Waals surface area contributed by atoms with Crippen LogP contribution in [0.15, 0.2) is 60.8 Å². The smallest absolute Gasteiger partial charge is 0.240 e. The maximum Gasteiger partial charge on any atom is 0.240 e. The van der Waals surface area contributed by atoms with Crippen LogP contribution in [0.5, 0.6) is 23.1 Å². The number of nitrogens with one attached hydrogen (secondary N) is 2. The molecule has 1 amide bonds. The van der Waals surface area contributed by atoms with Gasteiger partial charge in [-0.25, -0.2) is 8.42 Å². The van der Waals surface area contributed by atoms with Gasteiger partial charge < -0.3 is 24.3 Å². The van der Waals surface area contributed by atoms with Crippen molar-refractivity contribution in [3.05, 3.63) is 77.5 Å². The number of benzene rings is 3. The van der Waals surface area contributed by atoms with Crippen LogP contribution >= 0.6 is 0 Å². The molecular weight excluding hydrogens is 582 g/mol. The van der Waals surface area contributed by atoms with E-state index in [9.17, 15) is 18.3 Å². The standard InChI is InChI=1S/C33H35N3O7S/c1-6-42-31-24-12-10-16-34-28(24)27-26(30(31)37)29(35-33(27)43-7-2)22-15-14-21(17-19(22)3)18-44(39,40)36-32(38)20(4)23-11-8-9-13-25(23)41-5/h8-17,20,35,37H,6-7,18H2,1-5H3,(H,36,38). The second-order valence-corrected chi connectivity index (χ2v) is 12.1. The molecule has 0 saturated carbocycles. The van der Waals surface area contributed by atoms with Crippen LogP contribution in [0.2, 0.25) is 0 Å². The third-order valence-electron chi connectivity index (χ3n) is 7.46. The molecule has 5 aromatic rings. The minimum atomic E-state index is -4.01. The number of phenolic OH excluding ortho intramolecular Hbond substituents is 1. The monoisotopic (exact) mass is 617 g/mol. The zero-order chi connectivity index (χ0) is 31.6. The first-order chi connectivity index (χ1) is 21.1. The van der Waals surface area contributed by atoms with Gasteiger partial charge in [0.25, 0.3) is 0 Å². The number of carbonyl (C=O) groups is 1. The number of ether oxygens (including phenoxy) is 3. The van der Waals surface area contributed by atoms with E-state index in [-0.39, 0.29) is 5.75 Å². The first-order valence-corrected chi connectivity index (χ1v) is 15.9. The number of phenols is 1. The van der Waals surface area contributed by atoms with Gasteiger partial charge in [0.05, 0.1) is 54.0 Å². The lowest BCUT2D eigenvalue weighted by molar-refractivity contribution is -0.120. The highest BCUT2D eigenvalue weighted by Crippen LogP contribution is 2.49. The molecule has 2 aromatic heterocycles. The van der Waals surface area contributed by atoms with E-state index in [0.717, 1.165) is 11.1 Å². The molecule has 3 aromatic carbocycles. The molecule has 2 heterocycles. The predicted molar refractivity (Wildman–Crippen MR) is 170 cm³/mol. The van der Waals surface area contributed by atoms with Gasteiger partial charge in [0, 0.05) is 22.7 Å². The normalized spacial score (nSPS) is 12.3. The number of aryl methyl sites for hydroxylation is 1. The summed E-state index contributed by atoms with van der Waals surface area (Å²) >= 11 is 0. The lowest BCUT2D eigenvalue weighted by atomic mass is 9.98. The molecule has 1 unspecified atom stereocenters. The summed E-state index contributed by atoms with van der Waals surface area (Å²) in [6.45, 7) is 7.91. The number of H-pyrrole nitrogens is 1. The quantitative estimate of drug-likeness (QED) is 0.165. The minimum Gasteiger partial charge on any atom is -0.504 e. The molecule has 230 valence electrons. The van der Waals surface area contributed by atoms with Gasteiger partial charge in [-0.15, -0.1) is 0 Å². The van der Waals surface area contributed by atoms with Crippen LogP contribution in [0.3, 0.4) is 0 Å².